The molecule has 0 spiro atoms. The van der Waals surface area contributed by atoms with Crippen molar-refractivity contribution < 1.29 is 38.4 Å². The fourth-order valence-corrected chi connectivity index (χ4v) is 3.32. The zero-order chi connectivity index (χ0) is 17.6. The molecule has 26 heavy (non-hydrogen) atoms. The van der Waals surface area contributed by atoms with Gasteiger partial charge in [-0.2, -0.15) is 0 Å². The molecule has 1 N–H and O–H groups in total. The number of imidazole rings is 1. The number of hydrogen-bond donors (Lipinski definition) is 1. The Labute approximate surface area is 172 Å². The van der Waals surface area contributed by atoms with Gasteiger partial charge in [-0.3, -0.25) is 0 Å². The summed E-state index contributed by atoms with van der Waals surface area (Å²) in [7, 11) is 2.10. The molecule has 0 radical (unpaired) electrons. The van der Waals surface area contributed by atoms with Crippen LogP contribution in [0.2, 0.25) is 0 Å². The van der Waals surface area contributed by atoms with Gasteiger partial charge in [0.2, 0.25) is 0 Å². The number of benzene rings is 2. The second-order valence-corrected chi connectivity index (χ2v) is 6.48. The Hall–Kier alpha value is -1.44. The van der Waals surface area contributed by atoms with E-state index in [9.17, 15) is 5.11 Å². The van der Waals surface area contributed by atoms with Crippen LogP contribution in [0.15, 0.2) is 54.6 Å². The smallest absolute Gasteiger partial charge is 0.257 e. The van der Waals surface area contributed by atoms with Crippen molar-refractivity contribution in [1.29, 1.82) is 0 Å². The van der Waals surface area contributed by atoms with Crippen molar-refractivity contribution in [2.24, 2.45) is 7.05 Å². The third-order valence-corrected chi connectivity index (χ3v) is 4.52. The van der Waals surface area contributed by atoms with Crippen molar-refractivity contribution in [3.8, 4) is 0 Å². The number of rotatable bonds is 8. The molecule has 0 saturated carbocycles. The molecule has 0 fully saturated rings. The third-order valence-electron chi connectivity index (χ3n) is 4.52. The van der Waals surface area contributed by atoms with E-state index in [4.69, 9.17) is 4.74 Å². The number of aliphatic hydroxyl groups excluding tert-OH is 1. The summed E-state index contributed by atoms with van der Waals surface area (Å²) in [6, 6.07) is 18.4. The van der Waals surface area contributed by atoms with E-state index in [0.29, 0.717) is 19.8 Å². The van der Waals surface area contributed by atoms with Crippen molar-refractivity contribution >= 4 is 11.0 Å². The zero-order valence-corrected chi connectivity index (χ0v) is 17.6. The van der Waals surface area contributed by atoms with Gasteiger partial charge in [-0.05, 0) is 24.1 Å². The average Bonchev–Trinajstić information content (AvgIpc) is 2.89. The van der Waals surface area contributed by atoms with E-state index in [1.165, 1.54) is 11.3 Å². The number of para-hydroxylation sites is 2. The molecule has 0 saturated heterocycles. The summed E-state index contributed by atoms with van der Waals surface area (Å²) in [5.41, 5.74) is 3.48. The van der Waals surface area contributed by atoms with E-state index < -0.39 is 6.10 Å². The molecular formula is C21H27IN2O2. The highest BCUT2D eigenvalue weighted by Gasteiger charge is 2.23. The first kappa shape index (κ1) is 20.9. The highest BCUT2D eigenvalue weighted by molar-refractivity contribution is 5.72. The van der Waals surface area contributed by atoms with E-state index >= 15 is 0 Å². The summed E-state index contributed by atoms with van der Waals surface area (Å²) >= 11 is 0. The van der Waals surface area contributed by atoms with E-state index in [2.05, 4.69) is 41.3 Å². The molecule has 4 nitrogen and oxygen atoms in total. The fraction of sp³-hybridized carbons (Fsp3) is 0.381. The van der Waals surface area contributed by atoms with E-state index in [0.717, 1.165) is 23.9 Å². The summed E-state index contributed by atoms with van der Waals surface area (Å²) in [5, 5.41) is 10.5. The number of fused-ring (bicyclic) bond motifs is 1. The average molecular weight is 466 g/mol. The van der Waals surface area contributed by atoms with E-state index in [1.54, 1.807) is 0 Å². The first-order valence-corrected chi connectivity index (χ1v) is 8.96. The Balaban J connectivity index is 0.00000243. The maximum absolute atomic E-state index is 10.5. The van der Waals surface area contributed by atoms with Crippen molar-refractivity contribution in [3.05, 3.63) is 66.0 Å². The number of hydrogen-bond acceptors (Lipinski definition) is 2. The molecule has 1 aromatic heterocycles. The number of aliphatic hydroxyl groups is 1. The van der Waals surface area contributed by atoms with Gasteiger partial charge < -0.3 is 33.8 Å². The van der Waals surface area contributed by atoms with Crippen LogP contribution in [0.4, 0.5) is 0 Å². The van der Waals surface area contributed by atoms with Gasteiger partial charge in [0, 0.05) is 6.42 Å². The lowest BCUT2D eigenvalue weighted by Crippen LogP contribution is -3.00. The number of halogens is 1. The van der Waals surface area contributed by atoms with Crippen molar-refractivity contribution in [2.75, 3.05) is 6.61 Å². The molecule has 3 aromatic rings. The van der Waals surface area contributed by atoms with Crippen molar-refractivity contribution in [3.63, 3.8) is 0 Å². The quantitative estimate of drug-likeness (QED) is 0.375. The van der Waals surface area contributed by atoms with Crippen molar-refractivity contribution in [1.82, 2.24) is 4.57 Å². The molecule has 2 aromatic carbocycles. The van der Waals surface area contributed by atoms with Crippen molar-refractivity contribution in [2.45, 2.75) is 39.0 Å². The predicted molar refractivity (Wildman–Crippen MR) is 99.2 cm³/mol. The van der Waals surface area contributed by atoms with Gasteiger partial charge in [0.05, 0.1) is 20.3 Å². The van der Waals surface area contributed by atoms with Crippen LogP contribution in [-0.4, -0.2) is 22.4 Å². The molecule has 0 aliphatic heterocycles. The molecule has 0 aliphatic carbocycles. The predicted octanol–water partition coefficient (Wildman–Crippen LogP) is 0.00000000000000155. The SMILES string of the molecule is CCCc1n(CC(O)COCc2ccccc2)c2ccccc2[n+]1C.[I-]. The van der Waals surface area contributed by atoms with Gasteiger partial charge in [0.1, 0.15) is 12.6 Å². The van der Waals surface area contributed by atoms with Crippen LogP contribution in [0.5, 0.6) is 0 Å². The number of aromatic nitrogens is 2. The minimum atomic E-state index is -0.532. The maximum atomic E-state index is 10.5. The lowest BCUT2D eigenvalue weighted by atomic mass is 10.2. The lowest BCUT2D eigenvalue weighted by molar-refractivity contribution is -0.654. The van der Waals surface area contributed by atoms with Gasteiger partial charge in [-0.25, -0.2) is 9.13 Å². The molecule has 140 valence electrons. The second-order valence-electron chi connectivity index (χ2n) is 6.48. The molecule has 0 aliphatic rings. The molecular weight excluding hydrogens is 439 g/mol. The normalized spacial score (nSPS) is 12.1. The van der Waals surface area contributed by atoms with Crippen LogP contribution in [-0.2, 0) is 31.4 Å². The van der Waals surface area contributed by atoms with Gasteiger partial charge >= 0.3 is 0 Å². The number of aryl methyl sites for hydroxylation is 1. The summed E-state index contributed by atoms with van der Waals surface area (Å²) in [5.74, 6) is 1.24. The molecule has 3 rings (SSSR count). The zero-order valence-electron chi connectivity index (χ0n) is 15.4. The first-order valence-electron chi connectivity index (χ1n) is 8.96. The Morgan fingerprint density at radius 2 is 1.77 bits per heavy atom. The van der Waals surface area contributed by atoms with Gasteiger partial charge in [-0.1, -0.05) is 49.4 Å². The van der Waals surface area contributed by atoms with Gasteiger partial charge in [0.15, 0.2) is 11.0 Å². The summed E-state index contributed by atoms with van der Waals surface area (Å²) in [4.78, 5) is 0. The molecule has 5 heteroatoms. The Kier molecular flexibility index (Phi) is 8.06. The molecule has 1 heterocycles. The minimum Gasteiger partial charge on any atom is -1.00 e. The Bertz CT molecular complexity index is 817. The van der Waals surface area contributed by atoms with Crippen LogP contribution in [0.1, 0.15) is 24.7 Å². The molecule has 0 amide bonds. The second kappa shape index (κ2) is 10.0. The highest BCUT2D eigenvalue weighted by Crippen LogP contribution is 2.16. The summed E-state index contributed by atoms with van der Waals surface area (Å²) in [6.07, 6.45) is 1.53. The molecule has 1 unspecified atom stereocenters. The highest BCUT2D eigenvalue weighted by atomic mass is 127. The largest absolute Gasteiger partial charge is 1.00 e. The van der Waals surface area contributed by atoms with Crippen LogP contribution < -0.4 is 28.5 Å². The summed E-state index contributed by atoms with van der Waals surface area (Å²) in [6.45, 7) is 3.59. The lowest BCUT2D eigenvalue weighted by Gasteiger charge is -2.11. The standard InChI is InChI=1S/C21H27N2O2.HI/c1-3-9-21-22(2)19-12-7-8-13-20(19)23(21)14-18(24)16-25-15-17-10-5-4-6-11-17;/h4-8,10-13,18,24H,3,9,14-16H2,1-2H3;1H/q+1;/p-1. The third kappa shape index (κ3) is 4.84. The van der Waals surface area contributed by atoms with Crippen LogP contribution in [0, 0.1) is 0 Å². The van der Waals surface area contributed by atoms with Gasteiger partial charge in [0.25, 0.3) is 5.82 Å². The minimum absolute atomic E-state index is 0. The first-order chi connectivity index (χ1) is 12.2. The number of nitrogens with zero attached hydrogens (tertiary/aromatic N) is 2. The number of ether oxygens (including phenoxy) is 1. The van der Waals surface area contributed by atoms with E-state index in [1.807, 2.05) is 36.4 Å². The molecule has 0 bridgehead atoms. The Morgan fingerprint density at radius 1 is 1.08 bits per heavy atom. The summed E-state index contributed by atoms with van der Waals surface area (Å²) < 4.78 is 10.2. The topological polar surface area (TPSA) is 38.3 Å². The van der Waals surface area contributed by atoms with Gasteiger partial charge in [-0.15, -0.1) is 0 Å². The monoisotopic (exact) mass is 466 g/mol. The van der Waals surface area contributed by atoms with E-state index in [-0.39, 0.29) is 24.0 Å². The van der Waals surface area contributed by atoms with Crippen LogP contribution in [0.25, 0.3) is 11.0 Å². The maximum Gasteiger partial charge on any atom is 0.257 e. The Morgan fingerprint density at radius 3 is 2.50 bits per heavy atom. The van der Waals surface area contributed by atoms with Crippen LogP contribution >= 0.6 is 0 Å². The fourth-order valence-electron chi connectivity index (χ4n) is 3.32. The molecule has 1 atom stereocenters. The van der Waals surface area contributed by atoms with Crippen LogP contribution in [0.3, 0.4) is 0 Å².